The fraction of sp³-hybridized carbons (Fsp3) is 0.500. The standard InChI is InChI=1S/C28H36/c1-3-5-23-7-11-25(12-8-23)15-17-27-19-21-28(22-20-27)18-16-26-13-9-24(6-4-2)10-14-26/h7-8,11-12,19-22,24,26H,3-6,9-10,13-14,16,18H2,1-2H3. The van der Waals surface area contributed by atoms with Gasteiger partial charge in [0.2, 0.25) is 0 Å². The van der Waals surface area contributed by atoms with Crippen LogP contribution in [0.2, 0.25) is 0 Å². The van der Waals surface area contributed by atoms with E-state index in [0.717, 1.165) is 29.4 Å². The van der Waals surface area contributed by atoms with Crippen molar-refractivity contribution in [1.29, 1.82) is 0 Å². The van der Waals surface area contributed by atoms with E-state index in [4.69, 9.17) is 0 Å². The molecule has 3 rings (SSSR count). The van der Waals surface area contributed by atoms with Gasteiger partial charge in [-0.05, 0) is 66.5 Å². The van der Waals surface area contributed by atoms with E-state index in [1.54, 1.807) is 0 Å². The molecule has 0 spiro atoms. The summed E-state index contributed by atoms with van der Waals surface area (Å²) >= 11 is 0. The van der Waals surface area contributed by atoms with Gasteiger partial charge in [0.05, 0.1) is 0 Å². The third-order valence-corrected chi connectivity index (χ3v) is 6.30. The molecule has 0 bridgehead atoms. The van der Waals surface area contributed by atoms with Gasteiger partial charge >= 0.3 is 0 Å². The first-order chi connectivity index (χ1) is 13.8. The molecule has 2 aromatic rings. The summed E-state index contributed by atoms with van der Waals surface area (Å²) in [5.41, 5.74) is 5.07. The summed E-state index contributed by atoms with van der Waals surface area (Å²) in [6, 6.07) is 17.6. The molecule has 0 atom stereocenters. The highest BCUT2D eigenvalue weighted by Gasteiger charge is 2.20. The third kappa shape index (κ3) is 6.56. The maximum Gasteiger partial charge on any atom is 0.0249 e. The van der Waals surface area contributed by atoms with Gasteiger partial charge in [-0.3, -0.25) is 0 Å². The molecule has 1 fully saturated rings. The van der Waals surface area contributed by atoms with Gasteiger partial charge in [-0.1, -0.05) is 94.9 Å². The van der Waals surface area contributed by atoms with Crippen molar-refractivity contribution in [3.8, 4) is 11.8 Å². The van der Waals surface area contributed by atoms with Crippen LogP contribution in [0.15, 0.2) is 48.5 Å². The molecular weight excluding hydrogens is 336 g/mol. The van der Waals surface area contributed by atoms with Gasteiger partial charge < -0.3 is 0 Å². The Kier molecular flexibility index (Phi) is 8.23. The van der Waals surface area contributed by atoms with Crippen LogP contribution in [-0.4, -0.2) is 0 Å². The minimum absolute atomic E-state index is 0.947. The lowest BCUT2D eigenvalue weighted by atomic mass is 9.78. The topological polar surface area (TPSA) is 0 Å². The second-order valence-electron chi connectivity index (χ2n) is 8.61. The summed E-state index contributed by atoms with van der Waals surface area (Å²) in [4.78, 5) is 0. The highest BCUT2D eigenvalue weighted by atomic mass is 14.3. The fourth-order valence-corrected chi connectivity index (χ4v) is 4.53. The van der Waals surface area contributed by atoms with Crippen molar-refractivity contribution >= 4 is 0 Å². The normalized spacial score (nSPS) is 19.1. The number of aryl methyl sites for hydroxylation is 2. The van der Waals surface area contributed by atoms with Gasteiger partial charge in [0.1, 0.15) is 0 Å². The van der Waals surface area contributed by atoms with Gasteiger partial charge in [0, 0.05) is 11.1 Å². The number of rotatable bonds is 7. The van der Waals surface area contributed by atoms with Crippen LogP contribution in [0.5, 0.6) is 0 Å². The maximum atomic E-state index is 3.31. The molecule has 0 unspecified atom stereocenters. The molecule has 0 amide bonds. The van der Waals surface area contributed by atoms with Crippen LogP contribution in [0.4, 0.5) is 0 Å². The molecule has 1 aliphatic carbocycles. The van der Waals surface area contributed by atoms with Crippen molar-refractivity contribution in [2.75, 3.05) is 0 Å². The van der Waals surface area contributed by atoms with Crippen LogP contribution >= 0.6 is 0 Å². The third-order valence-electron chi connectivity index (χ3n) is 6.30. The molecule has 0 nitrogen and oxygen atoms in total. The Balaban J connectivity index is 1.46. The summed E-state index contributed by atoms with van der Waals surface area (Å²) in [7, 11) is 0. The molecule has 0 heteroatoms. The zero-order valence-electron chi connectivity index (χ0n) is 17.8. The summed E-state index contributed by atoms with van der Waals surface area (Å²) in [6.07, 6.45) is 13.5. The predicted molar refractivity (Wildman–Crippen MR) is 122 cm³/mol. The van der Waals surface area contributed by atoms with E-state index in [9.17, 15) is 0 Å². The van der Waals surface area contributed by atoms with Crippen LogP contribution in [0.1, 0.15) is 87.5 Å². The molecular formula is C28H36. The zero-order chi connectivity index (χ0) is 19.6. The summed E-state index contributed by atoms with van der Waals surface area (Å²) in [5.74, 6) is 8.57. The SMILES string of the molecule is CCCc1ccc(C#Cc2ccc(CCC3CCC(CCC)CC3)cc2)cc1. The Morgan fingerprint density at radius 1 is 0.607 bits per heavy atom. The van der Waals surface area contributed by atoms with E-state index in [0.29, 0.717) is 0 Å². The second-order valence-corrected chi connectivity index (χ2v) is 8.61. The van der Waals surface area contributed by atoms with Crippen LogP contribution in [0.25, 0.3) is 0 Å². The summed E-state index contributed by atoms with van der Waals surface area (Å²) in [6.45, 7) is 4.54. The molecule has 28 heavy (non-hydrogen) atoms. The zero-order valence-corrected chi connectivity index (χ0v) is 17.8. The van der Waals surface area contributed by atoms with Gasteiger partial charge in [-0.2, -0.15) is 0 Å². The minimum atomic E-state index is 0.947. The molecule has 1 saturated carbocycles. The number of benzene rings is 2. The molecule has 0 aliphatic heterocycles. The second kappa shape index (κ2) is 11.1. The number of hydrogen-bond donors (Lipinski definition) is 0. The lowest BCUT2D eigenvalue weighted by Crippen LogP contribution is -2.15. The molecule has 0 heterocycles. The fourth-order valence-electron chi connectivity index (χ4n) is 4.53. The molecule has 2 aromatic carbocycles. The molecule has 148 valence electrons. The average molecular weight is 373 g/mol. The van der Waals surface area contributed by atoms with Gasteiger partial charge in [-0.15, -0.1) is 0 Å². The van der Waals surface area contributed by atoms with Gasteiger partial charge in [0.15, 0.2) is 0 Å². The Bertz CT molecular complexity index is 746. The first-order valence-electron chi connectivity index (χ1n) is 11.5. The highest BCUT2D eigenvalue weighted by molar-refractivity contribution is 5.44. The number of hydrogen-bond acceptors (Lipinski definition) is 0. The Morgan fingerprint density at radius 3 is 1.54 bits per heavy atom. The lowest BCUT2D eigenvalue weighted by molar-refractivity contribution is 0.252. The van der Waals surface area contributed by atoms with Gasteiger partial charge in [0.25, 0.3) is 0 Å². The van der Waals surface area contributed by atoms with E-state index in [1.807, 2.05) is 0 Å². The van der Waals surface area contributed by atoms with E-state index in [-0.39, 0.29) is 0 Å². The Hall–Kier alpha value is -2.00. The first kappa shape index (κ1) is 20.7. The highest BCUT2D eigenvalue weighted by Crippen LogP contribution is 2.33. The van der Waals surface area contributed by atoms with Crippen LogP contribution in [0.3, 0.4) is 0 Å². The van der Waals surface area contributed by atoms with Crippen molar-refractivity contribution in [3.05, 3.63) is 70.8 Å². The van der Waals surface area contributed by atoms with Crippen LogP contribution < -0.4 is 0 Å². The van der Waals surface area contributed by atoms with Crippen LogP contribution in [0, 0.1) is 23.7 Å². The Labute approximate surface area is 172 Å². The van der Waals surface area contributed by atoms with Crippen molar-refractivity contribution in [1.82, 2.24) is 0 Å². The quantitative estimate of drug-likeness (QED) is 0.439. The summed E-state index contributed by atoms with van der Waals surface area (Å²) < 4.78 is 0. The monoisotopic (exact) mass is 372 g/mol. The van der Waals surface area contributed by atoms with Crippen molar-refractivity contribution in [2.45, 2.75) is 78.1 Å². The van der Waals surface area contributed by atoms with Gasteiger partial charge in [-0.25, -0.2) is 0 Å². The van der Waals surface area contributed by atoms with E-state index >= 15 is 0 Å². The first-order valence-corrected chi connectivity index (χ1v) is 11.5. The molecule has 0 aromatic heterocycles. The van der Waals surface area contributed by atoms with Crippen molar-refractivity contribution in [2.24, 2.45) is 11.8 Å². The minimum Gasteiger partial charge on any atom is -0.0654 e. The molecule has 0 radical (unpaired) electrons. The van der Waals surface area contributed by atoms with Crippen molar-refractivity contribution < 1.29 is 0 Å². The smallest absolute Gasteiger partial charge is 0.0249 e. The average Bonchev–Trinajstić information content (AvgIpc) is 2.74. The molecule has 0 N–H and O–H groups in total. The predicted octanol–water partition coefficient (Wildman–Crippen LogP) is 7.58. The van der Waals surface area contributed by atoms with Crippen LogP contribution in [-0.2, 0) is 12.8 Å². The molecule has 0 saturated heterocycles. The summed E-state index contributed by atoms with van der Waals surface area (Å²) in [5, 5.41) is 0. The Morgan fingerprint density at radius 2 is 1.07 bits per heavy atom. The lowest BCUT2D eigenvalue weighted by Gasteiger charge is -2.28. The van der Waals surface area contributed by atoms with E-state index in [1.165, 1.54) is 68.9 Å². The van der Waals surface area contributed by atoms with E-state index < -0.39 is 0 Å². The largest absolute Gasteiger partial charge is 0.0654 e. The molecule has 1 aliphatic rings. The van der Waals surface area contributed by atoms with E-state index in [2.05, 4.69) is 74.2 Å². The van der Waals surface area contributed by atoms with Crippen molar-refractivity contribution in [3.63, 3.8) is 0 Å². The maximum absolute atomic E-state index is 3.31.